The fraction of sp³-hybridized carbons (Fsp3) is 0.692. The topological polar surface area (TPSA) is 43.4 Å². The Hall–Kier alpha value is -1.12. The van der Waals surface area contributed by atoms with Crippen LogP contribution in [0.1, 0.15) is 46.5 Å². The Kier molecular flexibility index (Phi) is 4.71. The summed E-state index contributed by atoms with van der Waals surface area (Å²) in [7, 11) is 0. The fourth-order valence-corrected chi connectivity index (χ4v) is 1.97. The zero-order valence-electron chi connectivity index (χ0n) is 10.3. The van der Waals surface area contributed by atoms with E-state index in [4.69, 9.17) is 4.74 Å². The highest BCUT2D eigenvalue weighted by atomic mass is 16.5. The zero-order valence-corrected chi connectivity index (χ0v) is 10.3. The van der Waals surface area contributed by atoms with Crippen LogP contribution in [0.3, 0.4) is 0 Å². The lowest BCUT2D eigenvalue weighted by Crippen LogP contribution is -2.18. The maximum atomic E-state index is 11.7. The minimum Gasteiger partial charge on any atom is -0.459 e. The van der Waals surface area contributed by atoms with Gasteiger partial charge in [0, 0.05) is 0 Å². The van der Waals surface area contributed by atoms with Crippen molar-refractivity contribution < 1.29 is 14.3 Å². The minimum atomic E-state index is -0.477. The Balaban J connectivity index is 2.73. The third kappa shape index (κ3) is 3.80. The summed E-state index contributed by atoms with van der Waals surface area (Å²) in [6.45, 7) is 4.98. The molecule has 0 N–H and O–H groups in total. The predicted octanol–water partition coefficient (Wildman–Crippen LogP) is 2.64. The number of Topliss-reactive ketones (excluding diaryl/α,β-unsaturated/α-hetero) is 1. The van der Waals surface area contributed by atoms with Gasteiger partial charge in [0.1, 0.15) is 0 Å². The van der Waals surface area contributed by atoms with E-state index in [9.17, 15) is 9.59 Å². The van der Waals surface area contributed by atoms with Gasteiger partial charge in [0.25, 0.3) is 0 Å². The van der Waals surface area contributed by atoms with Crippen LogP contribution in [0.4, 0.5) is 0 Å². The van der Waals surface area contributed by atoms with Gasteiger partial charge in [-0.1, -0.05) is 18.9 Å². The quantitative estimate of drug-likeness (QED) is 0.319. The van der Waals surface area contributed by atoms with E-state index in [1.165, 1.54) is 19.8 Å². The molecule has 0 aromatic rings. The molecule has 0 unspecified atom stereocenters. The van der Waals surface area contributed by atoms with Crippen molar-refractivity contribution in [2.75, 3.05) is 0 Å². The average Bonchev–Trinajstić information content (AvgIpc) is 2.64. The number of hydrogen-bond donors (Lipinski definition) is 0. The highest BCUT2D eigenvalue weighted by Crippen LogP contribution is 2.27. The number of carbonyl (C=O) groups is 2. The van der Waals surface area contributed by atoms with E-state index in [1.807, 2.05) is 0 Å². The van der Waals surface area contributed by atoms with Crippen LogP contribution >= 0.6 is 0 Å². The molecule has 0 radical (unpaired) electrons. The van der Waals surface area contributed by atoms with Crippen LogP contribution in [-0.2, 0) is 14.3 Å². The first-order valence-electron chi connectivity index (χ1n) is 5.94. The van der Waals surface area contributed by atoms with E-state index in [2.05, 4.69) is 0 Å². The molecule has 0 amide bonds. The molecule has 1 aliphatic carbocycles. The van der Waals surface area contributed by atoms with Crippen molar-refractivity contribution in [3.05, 3.63) is 11.6 Å². The van der Waals surface area contributed by atoms with Crippen molar-refractivity contribution in [2.24, 2.45) is 5.92 Å². The predicted molar refractivity (Wildman–Crippen MR) is 62.0 cm³/mol. The van der Waals surface area contributed by atoms with Crippen LogP contribution in [0, 0.1) is 5.92 Å². The minimum absolute atomic E-state index is 0.182. The highest BCUT2D eigenvalue weighted by molar-refractivity contribution is 6.16. The molecular formula is C13H20O3. The maximum absolute atomic E-state index is 11.7. The molecule has 3 nitrogen and oxygen atoms in total. The third-order valence-electron chi connectivity index (χ3n) is 2.74. The smallest absolute Gasteiger partial charge is 0.341 e. The highest BCUT2D eigenvalue weighted by Gasteiger charge is 2.21. The van der Waals surface area contributed by atoms with Crippen LogP contribution < -0.4 is 0 Å². The third-order valence-corrected chi connectivity index (χ3v) is 2.74. The Morgan fingerprint density at radius 1 is 1.25 bits per heavy atom. The molecule has 0 heterocycles. The van der Waals surface area contributed by atoms with Gasteiger partial charge in [-0.15, -0.1) is 0 Å². The van der Waals surface area contributed by atoms with E-state index in [0.717, 1.165) is 12.8 Å². The number of hydrogen-bond acceptors (Lipinski definition) is 3. The lowest BCUT2D eigenvalue weighted by atomic mass is 10.0. The van der Waals surface area contributed by atoms with Crippen molar-refractivity contribution in [2.45, 2.75) is 52.6 Å². The van der Waals surface area contributed by atoms with Gasteiger partial charge in [0.05, 0.1) is 11.7 Å². The van der Waals surface area contributed by atoms with E-state index in [0.29, 0.717) is 5.92 Å². The summed E-state index contributed by atoms with van der Waals surface area (Å²) in [6.07, 6.45) is 6.15. The SMILES string of the molecule is CC(=O)C(=CC1CCCC1)C(=O)OC(C)C. The van der Waals surface area contributed by atoms with Crippen molar-refractivity contribution in [1.29, 1.82) is 0 Å². The molecule has 0 aliphatic heterocycles. The molecule has 0 bridgehead atoms. The first-order valence-corrected chi connectivity index (χ1v) is 5.94. The summed E-state index contributed by atoms with van der Waals surface area (Å²) in [5.74, 6) is -0.300. The Bertz CT molecular complexity index is 296. The number of ketones is 1. The second kappa shape index (κ2) is 5.83. The number of allylic oxidation sites excluding steroid dienone is 1. The number of esters is 1. The molecule has 0 atom stereocenters. The summed E-state index contributed by atoms with van der Waals surface area (Å²) in [6, 6.07) is 0. The van der Waals surface area contributed by atoms with E-state index < -0.39 is 5.97 Å². The fourth-order valence-electron chi connectivity index (χ4n) is 1.97. The van der Waals surface area contributed by atoms with Crippen LogP contribution in [-0.4, -0.2) is 17.9 Å². The molecule has 0 aromatic heterocycles. The largest absolute Gasteiger partial charge is 0.459 e. The molecule has 1 rings (SSSR count). The van der Waals surface area contributed by atoms with Crippen molar-refractivity contribution in [3.8, 4) is 0 Å². The number of ether oxygens (including phenoxy) is 1. The van der Waals surface area contributed by atoms with Crippen molar-refractivity contribution >= 4 is 11.8 Å². The van der Waals surface area contributed by atoms with E-state index in [-0.39, 0.29) is 17.5 Å². The molecule has 16 heavy (non-hydrogen) atoms. The van der Waals surface area contributed by atoms with Gasteiger partial charge in [0.2, 0.25) is 0 Å². The van der Waals surface area contributed by atoms with Gasteiger partial charge in [-0.2, -0.15) is 0 Å². The second-order valence-corrected chi connectivity index (χ2v) is 4.64. The van der Waals surface area contributed by atoms with Gasteiger partial charge in [-0.25, -0.2) is 4.79 Å². The van der Waals surface area contributed by atoms with E-state index in [1.54, 1.807) is 19.9 Å². The molecule has 1 aliphatic rings. The molecule has 0 spiro atoms. The Labute approximate surface area is 96.9 Å². The van der Waals surface area contributed by atoms with Crippen LogP contribution in [0.5, 0.6) is 0 Å². The molecule has 3 heteroatoms. The summed E-state index contributed by atoms with van der Waals surface area (Å²) in [4.78, 5) is 23.1. The molecule has 90 valence electrons. The van der Waals surface area contributed by atoms with Crippen LogP contribution in [0.2, 0.25) is 0 Å². The number of rotatable bonds is 4. The Morgan fingerprint density at radius 3 is 2.25 bits per heavy atom. The van der Waals surface area contributed by atoms with Crippen molar-refractivity contribution in [3.63, 3.8) is 0 Å². The summed E-state index contributed by atoms with van der Waals surface area (Å²) >= 11 is 0. The second-order valence-electron chi connectivity index (χ2n) is 4.64. The molecular weight excluding hydrogens is 204 g/mol. The van der Waals surface area contributed by atoms with Gasteiger partial charge in [-0.3, -0.25) is 4.79 Å². The maximum Gasteiger partial charge on any atom is 0.341 e. The lowest BCUT2D eigenvalue weighted by molar-refractivity contribution is -0.143. The first kappa shape index (κ1) is 12.9. The standard InChI is InChI=1S/C13H20O3/c1-9(2)16-13(15)12(10(3)14)8-11-6-4-5-7-11/h8-9,11H,4-7H2,1-3H3. The van der Waals surface area contributed by atoms with Gasteiger partial charge in [0.15, 0.2) is 5.78 Å². The van der Waals surface area contributed by atoms with E-state index >= 15 is 0 Å². The number of carbonyl (C=O) groups excluding carboxylic acids is 2. The van der Waals surface area contributed by atoms with Gasteiger partial charge < -0.3 is 4.74 Å². The summed E-state index contributed by atoms with van der Waals surface area (Å²) in [5, 5.41) is 0. The molecule has 1 saturated carbocycles. The lowest BCUT2D eigenvalue weighted by Gasteiger charge is -2.10. The normalized spacial score (nSPS) is 17.9. The summed E-state index contributed by atoms with van der Waals surface area (Å²) < 4.78 is 5.06. The molecule has 0 aromatic carbocycles. The van der Waals surface area contributed by atoms with Crippen molar-refractivity contribution in [1.82, 2.24) is 0 Å². The van der Waals surface area contributed by atoms with Crippen LogP contribution in [0.25, 0.3) is 0 Å². The van der Waals surface area contributed by atoms with Crippen LogP contribution in [0.15, 0.2) is 11.6 Å². The molecule has 0 saturated heterocycles. The zero-order chi connectivity index (χ0) is 12.1. The monoisotopic (exact) mass is 224 g/mol. The molecule has 1 fully saturated rings. The first-order chi connectivity index (χ1) is 7.50. The van der Waals surface area contributed by atoms with Gasteiger partial charge in [-0.05, 0) is 39.5 Å². The summed E-state index contributed by atoms with van der Waals surface area (Å²) in [5.41, 5.74) is 0.223. The van der Waals surface area contributed by atoms with Gasteiger partial charge >= 0.3 is 5.97 Å². The average molecular weight is 224 g/mol. The Morgan fingerprint density at radius 2 is 1.81 bits per heavy atom.